The molecule has 0 amide bonds. The maximum atomic E-state index is 5.64. The van der Waals surface area contributed by atoms with E-state index in [2.05, 4.69) is 37.6 Å². The molecule has 4 rings (SSSR count). The zero-order valence-electron chi connectivity index (χ0n) is 18.4. The van der Waals surface area contributed by atoms with Crippen LogP contribution in [0.1, 0.15) is 30.1 Å². The molecule has 1 aromatic carbocycles. The number of hydrogen-bond acceptors (Lipinski definition) is 6. The number of para-hydroxylation sites is 1. The molecule has 32 heavy (non-hydrogen) atoms. The molecule has 1 unspecified atom stereocenters. The zero-order chi connectivity index (χ0) is 21.5. The Labute approximate surface area is 210 Å². The Bertz CT molecular complexity index is 986. The number of rotatable bonds is 8. The maximum absolute atomic E-state index is 5.64. The number of thiophene rings is 1. The summed E-state index contributed by atoms with van der Waals surface area (Å²) in [5.41, 5.74) is 2.04. The molecule has 0 bridgehead atoms. The Morgan fingerprint density at radius 3 is 2.75 bits per heavy atom. The molecule has 1 fully saturated rings. The fourth-order valence-corrected chi connectivity index (χ4v) is 4.58. The summed E-state index contributed by atoms with van der Waals surface area (Å²) in [6, 6.07) is 12.5. The minimum atomic E-state index is 0. The van der Waals surface area contributed by atoms with Crippen LogP contribution in [0.4, 0.5) is 0 Å². The third-order valence-corrected chi connectivity index (χ3v) is 6.34. The molecule has 0 spiro atoms. The molecule has 1 aliphatic rings. The van der Waals surface area contributed by atoms with E-state index in [1.807, 2.05) is 29.6 Å². The summed E-state index contributed by atoms with van der Waals surface area (Å²) in [4.78, 5) is 12.5. The Morgan fingerprint density at radius 2 is 2.03 bits per heavy atom. The van der Waals surface area contributed by atoms with E-state index in [-0.39, 0.29) is 30.0 Å². The summed E-state index contributed by atoms with van der Waals surface area (Å²) in [5, 5.41) is 8.84. The predicted octanol–water partition coefficient (Wildman–Crippen LogP) is 4.53. The van der Waals surface area contributed by atoms with E-state index in [0.717, 1.165) is 41.9 Å². The maximum Gasteiger partial charge on any atom is 0.236 e. The van der Waals surface area contributed by atoms with Crippen LogP contribution >= 0.6 is 35.3 Å². The molecule has 7 nitrogen and oxygen atoms in total. The van der Waals surface area contributed by atoms with Crippen molar-refractivity contribution in [2.75, 3.05) is 33.8 Å². The average Bonchev–Trinajstić information content (AvgIpc) is 3.58. The van der Waals surface area contributed by atoms with Crippen molar-refractivity contribution in [3.8, 4) is 16.5 Å². The van der Waals surface area contributed by atoms with Crippen LogP contribution in [-0.4, -0.2) is 49.6 Å². The van der Waals surface area contributed by atoms with Gasteiger partial charge in [-0.05, 0) is 43.4 Å². The second kappa shape index (κ2) is 12.2. The van der Waals surface area contributed by atoms with Crippen LogP contribution in [0.3, 0.4) is 0 Å². The summed E-state index contributed by atoms with van der Waals surface area (Å²) in [6.45, 7) is 3.47. The van der Waals surface area contributed by atoms with Gasteiger partial charge in [0.1, 0.15) is 12.0 Å². The predicted molar refractivity (Wildman–Crippen MR) is 140 cm³/mol. The minimum Gasteiger partial charge on any atom is -0.496 e. The molecule has 1 aliphatic heterocycles. The molecule has 2 aromatic heterocycles. The number of guanidine groups is 1. The van der Waals surface area contributed by atoms with Gasteiger partial charge in [0.2, 0.25) is 5.89 Å². The van der Waals surface area contributed by atoms with E-state index < -0.39 is 0 Å². The van der Waals surface area contributed by atoms with Crippen molar-refractivity contribution in [2.24, 2.45) is 4.99 Å². The Morgan fingerprint density at radius 1 is 1.22 bits per heavy atom. The summed E-state index contributed by atoms with van der Waals surface area (Å²) in [5.74, 6) is 2.31. The molecule has 0 aliphatic carbocycles. The molecule has 0 radical (unpaired) electrons. The van der Waals surface area contributed by atoms with Crippen molar-refractivity contribution in [1.82, 2.24) is 20.5 Å². The molecule has 2 N–H and O–H groups in total. The SMILES string of the molecule is CN=C(NCc1coc(-c2cccs2)n1)NCC(c1ccccc1OC)N1CCCC1.I. The highest BCUT2D eigenvalue weighted by Gasteiger charge is 2.26. The molecule has 9 heteroatoms. The summed E-state index contributed by atoms with van der Waals surface area (Å²) in [6.07, 6.45) is 4.16. The highest BCUT2D eigenvalue weighted by molar-refractivity contribution is 14.0. The number of aromatic nitrogens is 1. The largest absolute Gasteiger partial charge is 0.496 e. The van der Waals surface area contributed by atoms with Gasteiger partial charge in [-0.2, -0.15) is 0 Å². The van der Waals surface area contributed by atoms with Crippen molar-refractivity contribution in [2.45, 2.75) is 25.4 Å². The third-order valence-electron chi connectivity index (χ3n) is 5.49. The van der Waals surface area contributed by atoms with Crippen molar-refractivity contribution in [3.05, 3.63) is 59.3 Å². The number of benzene rings is 1. The van der Waals surface area contributed by atoms with Crippen LogP contribution < -0.4 is 15.4 Å². The van der Waals surface area contributed by atoms with Gasteiger partial charge in [0, 0.05) is 19.2 Å². The topological polar surface area (TPSA) is 74.9 Å². The second-order valence-electron chi connectivity index (χ2n) is 7.43. The monoisotopic (exact) mass is 567 g/mol. The normalized spacial score (nSPS) is 15.2. The number of ether oxygens (including phenoxy) is 1. The lowest BCUT2D eigenvalue weighted by atomic mass is 10.0. The minimum absolute atomic E-state index is 0. The van der Waals surface area contributed by atoms with Crippen LogP contribution in [0.15, 0.2) is 57.5 Å². The van der Waals surface area contributed by atoms with Gasteiger partial charge >= 0.3 is 0 Å². The van der Waals surface area contributed by atoms with Crippen LogP contribution in [0.25, 0.3) is 10.8 Å². The molecular formula is C23H30IN5O2S. The Hall–Kier alpha value is -2.11. The lowest BCUT2D eigenvalue weighted by molar-refractivity contribution is 0.239. The first kappa shape index (κ1) is 24.5. The van der Waals surface area contributed by atoms with Gasteiger partial charge in [-0.15, -0.1) is 35.3 Å². The van der Waals surface area contributed by atoms with Gasteiger partial charge in [-0.1, -0.05) is 24.3 Å². The fourth-order valence-electron chi connectivity index (χ4n) is 3.92. The fraction of sp³-hybridized carbons (Fsp3) is 0.391. The first-order valence-electron chi connectivity index (χ1n) is 10.6. The van der Waals surface area contributed by atoms with E-state index in [0.29, 0.717) is 12.4 Å². The van der Waals surface area contributed by atoms with E-state index in [4.69, 9.17) is 9.15 Å². The highest BCUT2D eigenvalue weighted by Crippen LogP contribution is 2.31. The van der Waals surface area contributed by atoms with Gasteiger partial charge in [0.15, 0.2) is 5.96 Å². The number of methoxy groups -OCH3 is 1. The van der Waals surface area contributed by atoms with Gasteiger partial charge in [0.25, 0.3) is 0 Å². The highest BCUT2D eigenvalue weighted by atomic mass is 127. The lowest BCUT2D eigenvalue weighted by Gasteiger charge is -2.30. The third kappa shape index (κ3) is 6.02. The Balaban J connectivity index is 0.00000289. The number of hydrogen-bond donors (Lipinski definition) is 2. The Kier molecular flexibility index (Phi) is 9.36. The smallest absolute Gasteiger partial charge is 0.236 e. The van der Waals surface area contributed by atoms with E-state index in [1.54, 1.807) is 31.8 Å². The average molecular weight is 567 g/mol. The van der Waals surface area contributed by atoms with Crippen LogP contribution in [-0.2, 0) is 6.54 Å². The van der Waals surface area contributed by atoms with Crippen LogP contribution in [0.2, 0.25) is 0 Å². The molecule has 3 heterocycles. The first-order valence-corrected chi connectivity index (χ1v) is 11.5. The number of aliphatic imine (C=N–C) groups is 1. The standard InChI is InChI=1S/C23H29N5O2S.HI/c1-24-23(25-14-17-16-30-22(27-17)21-10-7-13-31-21)26-15-19(28-11-5-6-12-28)18-8-3-4-9-20(18)29-2;/h3-4,7-10,13,16,19H,5-6,11-12,14-15H2,1-2H3,(H2,24,25,26);1H. The van der Waals surface area contributed by atoms with Gasteiger partial charge in [-0.25, -0.2) is 4.98 Å². The van der Waals surface area contributed by atoms with E-state index in [1.165, 1.54) is 18.4 Å². The van der Waals surface area contributed by atoms with Gasteiger partial charge < -0.3 is 19.8 Å². The van der Waals surface area contributed by atoms with Gasteiger partial charge in [-0.3, -0.25) is 9.89 Å². The van der Waals surface area contributed by atoms with Gasteiger partial charge in [0.05, 0.1) is 30.3 Å². The van der Waals surface area contributed by atoms with E-state index >= 15 is 0 Å². The second-order valence-corrected chi connectivity index (χ2v) is 8.38. The number of nitrogens with one attached hydrogen (secondary N) is 2. The van der Waals surface area contributed by atoms with Crippen LogP contribution in [0.5, 0.6) is 5.75 Å². The van der Waals surface area contributed by atoms with Crippen molar-refractivity contribution in [3.63, 3.8) is 0 Å². The molecule has 1 saturated heterocycles. The molecule has 1 atom stereocenters. The lowest BCUT2D eigenvalue weighted by Crippen LogP contribution is -2.42. The van der Waals surface area contributed by atoms with Crippen molar-refractivity contribution < 1.29 is 9.15 Å². The molecule has 3 aromatic rings. The number of halogens is 1. The number of nitrogens with zero attached hydrogens (tertiary/aromatic N) is 3. The summed E-state index contributed by atoms with van der Waals surface area (Å²) < 4.78 is 11.2. The van der Waals surface area contributed by atoms with E-state index in [9.17, 15) is 0 Å². The quantitative estimate of drug-likeness (QED) is 0.237. The molecule has 172 valence electrons. The number of oxazole rings is 1. The molecular weight excluding hydrogens is 537 g/mol. The van der Waals surface area contributed by atoms with Crippen molar-refractivity contribution >= 4 is 41.3 Å². The summed E-state index contributed by atoms with van der Waals surface area (Å²) >= 11 is 1.61. The summed E-state index contributed by atoms with van der Waals surface area (Å²) in [7, 11) is 3.51. The first-order chi connectivity index (χ1) is 15.3. The van der Waals surface area contributed by atoms with Crippen LogP contribution in [0, 0.1) is 0 Å². The zero-order valence-corrected chi connectivity index (χ0v) is 21.6. The number of likely N-dealkylation sites (tertiary alicyclic amines) is 1. The van der Waals surface area contributed by atoms with Crippen molar-refractivity contribution in [1.29, 1.82) is 0 Å². The molecule has 0 saturated carbocycles.